The van der Waals surface area contributed by atoms with Crippen LogP contribution in [0.4, 0.5) is 0 Å². The number of aliphatic imine (C=N–C) groups is 1. The summed E-state index contributed by atoms with van der Waals surface area (Å²) in [5.74, 6) is 2.47. The molecule has 0 saturated heterocycles. The molecule has 0 amide bonds. The van der Waals surface area contributed by atoms with E-state index >= 15 is 0 Å². The summed E-state index contributed by atoms with van der Waals surface area (Å²) < 4.78 is 16.3. The highest BCUT2D eigenvalue weighted by Crippen LogP contribution is 1.99. The lowest BCUT2D eigenvalue weighted by atomic mass is 10.1. The minimum absolute atomic E-state index is 0.679. The van der Waals surface area contributed by atoms with Crippen LogP contribution in [0.1, 0.15) is 39.4 Å². The third-order valence-corrected chi connectivity index (χ3v) is 3.54. The first kappa shape index (κ1) is 21.5. The Kier molecular flexibility index (Phi) is 12.7. The number of nitrogens with one attached hydrogen (secondary N) is 2. The zero-order chi connectivity index (χ0) is 18.2. The van der Waals surface area contributed by atoms with Crippen LogP contribution in [-0.2, 0) is 15.9 Å². The minimum Gasteiger partial charge on any atom is -0.469 e. The van der Waals surface area contributed by atoms with Gasteiger partial charge in [-0.25, -0.2) is 0 Å². The van der Waals surface area contributed by atoms with Gasteiger partial charge in [0.2, 0.25) is 0 Å². The molecular weight excluding hydrogens is 318 g/mol. The molecule has 144 valence electrons. The molecule has 1 rings (SSSR count). The Morgan fingerprint density at radius 3 is 2.72 bits per heavy atom. The molecule has 0 saturated carbocycles. The van der Waals surface area contributed by atoms with Gasteiger partial charge in [0.15, 0.2) is 5.96 Å². The molecule has 1 aromatic rings. The van der Waals surface area contributed by atoms with Crippen LogP contribution in [0.5, 0.6) is 0 Å². The van der Waals surface area contributed by atoms with Gasteiger partial charge < -0.3 is 24.5 Å². The predicted octanol–water partition coefficient (Wildman–Crippen LogP) is 2.85. The molecule has 0 fully saturated rings. The summed E-state index contributed by atoms with van der Waals surface area (Å²) >= 11 is 0. The van der Waals surface area contributed by atoms with Gasteiger partial charge in [0.1, 0.15) is 5.76 Å². The van der Waals surface area contributed by atoms with Crippen LogP contribution in [0.15, 0.2) is 27.8 Å². The van der Waals surface area contributed by atoms with E-state index in [1.165, 1.54) is 0 Å². The first-order chi connectivity index (χ1) is 12.2. The Bertz CT molecular complexity index is 433. The SMILES string of the molecule is CCOCCCN=C(NCCOCCC(C)C)NCCc1ccco1. The molecule has 1 heterocycles. The average Bonchev–Trinajstić information content (AvgIpc) is 3.10. The zero-order valence-electron chi connectivity index (χ0n) is 16.1. The Morgan fingerprint density at radius 1 is 1.16 bits per heavy atom. The lowest BCUT2D eigenvalue weighted by Gasteiger charge is -2.13. The molecule has 25 heavy (non-hydrogen) atoms. The molecule has 6 heteroatoms. The molecular formula is C19H35N3O3. The number of ether oxygens (including phenoxy) is 2. The molecule has 0 aliphatic rings. The Hall–Kier alpha value is -1.53. The van der Waals surface area contributed by atoms with Gasteiger partial charge in [-0.1, -0.05) is 13.8 Å². The number of nitrogens with zero attached hydrogens (tertiary/aromatic N) is 1. The van der Waals surface area contributed by atoms with E-state index in [4.69, 9.17) is 13.9 Å². The van der Waals surface area contributed by atoms with Crippen LogP contribution in [-0.4, -0.2) is 52.0 Å². The Balaban J connectivity index is 2.24. The fraction of sp³-hybridized carbons (Fsp3) is 0.737. The number of hydrogen-bond acceptors (Lipinski definition) is 4. The largest absolute Gasteiger partial charge is 0.469 e. The van der Waals surface area contributed by atoms with E-state index in [9.17, 15) is 0 Å². The lowest BCUT2D eigenvalue weighted by Crippen LogP contribution is -2.40. The summed E-state index contributed by atoms with van der Waals surface area (Å²) in [6.07, 6.45) is 4.55. The molecule has 2 N–H and O–H groups in total. The van der Waals surface area contributed by atoms with Gasteiger partial charge in [-0.15, -0.1) is 0 Å². The fourth-order valence-electron chi connectivity index (χ4n) is 2.10. The quantitative estimate of drug-likeness (QED) is 0.306. The molecule has 0 unspecified atom stereocenters. The van der Waals surface area contributed by atoms with E-state index in [1.807, 2.05) is 19.1 Å². The standard InChI is InChI=1S/C19H35N3O3/c1-4-23-13-6-10-20-19(21-11-8-18-7-5-14-25-18)22-12-16-24-15-9-17(2)3/h5,7,14,17H,4,6,8-13,15-16H2,1-3H3,(H2,20,21,22). The monoisotopic (exact) mass is 353 g/mol. The number of hydrogen-bond donors (Lipinski definition) is 2. The third kappa shape index (κ3) is 12.5. The summed E-state index contributed by atoms with van der Waals surface area (Å²) in [5.41, 5.74) is 0. The van der Waals surface area contributed by atoms with Crippen molar-refractivity contribution in [1.29, 1.82) is 0 Å². The first-order valence-electron chi connectivity index (χ1n) is 9.42. The Labute approximate surface area is 152 Å². The first-order valence-corrected chi connectivity index (χ1v) is 9.42. The van der Waals surface area contributed by atoms with Crippen molar-refractivity contribution in [2.75, 3.05) is 46.1 Å². The minimum atomic E-state index is 0.679. The maximum atomic E-state index is 5.64. The molecule has 6 nitrogen and oxygen atoms in total. The van der Waals surface area contributed by atoms with E-state index < -0.39 is 0 Å². The van der Waals surface area contributed by atoms with Gasteiger partial charge in [-0.05, 0) is 37.8 Å². The summed E-state index contributed by atoms with van der Waals surface area (Å²) in [6.45, 7) is 11.7. The summed E-state index contributed by atoms with van der Waals surface area (Å²) in [5, 5.41) is 6.66. The van der Waals surface area contributed by atoms with Crippen molar-refractivity contribution in [3.8, 4) is 0 Å². The van der Waals surface area contributed by atoms with E-state index in [1.54, 1.807) is 6.26 Å². The van der Waals surface area contributed by atoms with Crippen molar-refractivity contribution < 1.29 is 13.9 Å². The van der Waals surface area contributed by atoms with Crippen molar-refractivity contribution >= 4 is 5.96 Å². The molecule has 0 aliphatic heterocycles. The number of guanidine groups is 1. The second-order valence-electron chi connectivity index (χ2n) is 6.26. The molecule has 0 spiro atoms. The maximum Gasteiger partial charge on any atom is 0.191 e. The van der Waals surface area contributed by atoms with Crippen molar-refractivity contribution in [2.24, 2.45) is 10.9 Å². The molecule has 0 atom stereocenters. The zero-order valence-corrected chi connectivity index (χ0v) is 16.1. The van der Waals surface area contributed by atoms with E-state index in [0.717, 1.165) is 70.4 Å². The van der Waals surface area contributed by atoms with Crippen LogP contribution in [0.3, 0.4) is 0 Å². The molecule has 0 aliphatic carbocycles. The molecule has 0 radical (unpaired) electrons. The molecule has 1 aromatic heterocycles. The highest BCUT2D eigenvalue weighted by atomic mass is 16.5. The second-order valence-corrected chi connectivity index (χ2v) is 6.26. The fourth-order valence-corrected chi connectivity index (χ4v) is 2.10. The van der Waals surface area contributed by atoms with Crippen molar-refractivity contribution in [3.05, 3.63) is 24.2 Å². The average molecular weight is 354 g/mol. The highest BCUT2D eigenvalue weighted by Gasteiger charge is 2.01. The number of furan rings is 1. The van der Waals surface area contributed by atoms with Crippen LogP contribution >= 0.6 is 0 Å². The smallest absolute Gasteiger partial charge is 0.191 e. The summed E-state index contributed by atoms with van der Waals surface area (Å²) in [7, 11) is 0. The van der Waals surface area contributed by atoms with Gasteiger partial charge >= 0.3 is 0 Å². The van der Waals surface area contributed by atoms with E-state index in [0.29, 0.717) is 12.5 Å². The van der Waals surface area contributed by atoms with E-state index in [-0.39, 0.29) is 0 Å². The normalized spacial score (nSPS) is 11.9. The number of rotatable bonds is 14. The topological polar surface area (TPSA) is 68.0 Å². The summed E-state index contributed by atoms with van der Waals surface area (Å²) in [6, 6.07) is 3.89. The molecule has 0 aromatic carbocycles. The summed E-state index contributed by atoms with van der Waals surface area (Å²) in [4.78, 5) is 4.59. The van der Waals surface area contributed by atoms with E-state index in [2.05, 4.69) is 29.5 Å². The van der Waals surface area contributed by atoms with Crippen molar-refractivity contribution in [2.45, 2.75) is 40.0 Å². The van der Waals surface area contributed by atoms with Gasteiger partial charge in [0.05, 0.1) is 12.9 Å². The Morgan fingerprint density at radius 2 is 2.00 bits per heavy atom. The van der Waals surface area contributed by atoms with Crippen molar-refractivity contribution in [1.82, 2.24) is 10.6 Å². The highest BCUT2D eigenvalue weighted by molar-refractivity contribution is 5.79. The van der Waals surface area contributed by atoms with Gasteiger partial charge in [0, 0.05) is 45.9 Å². The third-order valence-electron chi connectivity index (χ3n) is 3.54. The van der Waals surface area contributed by atoms with Crippen LogP contribution in [0.2, 0.25) is 0 Å². The lowest BCUT2D eigenvalue weighted by molar-refractivity contribution is 0.128. The van der Waals surface area contributed by atoms with Crippen LogP contribution < -0.4 is 10.6 Å². The predicted molar refractivity (Wildman–Crippen MR) is 102 cm³/mol. The van der Waals surface area contributed by atoms with Crippen LogP contribution in [0, 0.1) is 5.92 Å². The van der Waals surface area contributed by atoms with Crippen LogP contribution in [0.25, 0.3) is 0 Å². The second kappa shape index (κ2) is 14.8. The van der Waals surface area contributed by atoms with Crippen molar-refractivity contribution in [3.63, 3.8) is 0 Å². The van der Waals surface area contributed by atoms with Gasteiger partial charge in [-0.3, -0.25) is 4.99 Å². The maximum absolute atomic E-state index is 5.64. The van der Waals surface area contributed by atoms with Gasteiger partial charge in [0.25, 0.3) is 0 Å². The van der Waals surface area contributed by atoms with Gasteiger partial charge in [-0.2, -0.15) is 0 Å². The molecule has 0 bridgehead atoms.